The third-order valence-corrected chi connectivity index (χ3v) is 5.26. The lowest BCUT2D eigenvalue weighted by molar-refractivity contribution is -0.139. The third kappa shape index (κ3) is 5.28. The molecule has 0 aromatic heterocycles. The summed E-state index contributed by atoms with van der Waals surface area (Å²) < 4.78 is 24.9. The molecule has 0 spiro atoms. The molecule has 1 aliphatic heterocycles. The van der Waals surface area contributed by atoms with Gasteiger partial charge in [-0.3, -0.25) is 0 Å². The van der Waals surface area contributed by atoms with Crippen molar-refractivity contribution in [1.29, 1.82) is 0 Å². The number of aliphatic carboxylic acids is 1. The van der Waals surface area contributed by atoms with E-state index in [4.69, 9.17) is 14.6 Å². The van der Waals surface area contributed by atoms with E-state index in [0.717, 1.165) is 5.56 Å². The van der Waals surface area contributed by atoms with Gasteiger partial charge in [-0.15, -0.1) is 0 Å². The molecule has 1 unspecified atom stereocenters. The number of cyclic esters (lactones) is 1. The summed E-state index contributed by atoms with van der Waals surface area (Å²) in [6.07, 6.45) is 1.24. The minimum atomic E-state index is -1.10. The molecule has 0 bridgehead atoms. The lowest BCUT2D eigenvalue weighted by Crippen LogP contribution is -2.43. The number of carbonyl (C=O) groups excluding carboxylic acids is 1. The van der Waals surface area contributed by atoms with Crippen molar-refractivity contribution in [2.45, 2.75) is 44.8 Å². The molecule has 1 saturated heterocycles. The zero-order chi connectivity index (χ0) is 21.7. The second-order valence-corrected chi connectivity index (χ2v) is 7.91. The highest BCUT2D eigenvalue weighted by molar-refractivity contribution is 5.71. The summed E-state index contributed by atoms with van der Waals surface area (Å²) in [7, 11) is 0. The number of hydrogen-bond acceptors (Lipinski definition) is 4. The van der Waals surface area contributed by atoms with E-state index in [2.05, 4.69) is 0 Å². The number of ether oxygens (including phenoxy) is 2. The summed E-state index contributed by atoms with van der Waals surface area (Å²) in [5.74, 6) is -1.18. The van der Waals surface area contributed by atoms with Crippen LogP contribution in [0.2, 0.25) is 0 Å². The van der Waals surface area contributed by atoms with Crippen molar-refractivity contribution < 1.29 is 28.6 Å². The fourth-order valence-electron chi connectivity index (χ4n) is 3.71. The summed E-state index contributed by atoms with van der Waals surface area (Å²) in [5.41, 5.74) is 0.917. The topological polar surface area (TPSA) is 76.1 Å². The molecule has 2 aromatic carbocycles. The van der Waals surface area contributed by atoms with Crippen LogP contribution in [-0.4, -0.2) is 46.9 Å². The van der Waals surface area contributed by atoms with Crippen molar-refractivity contribution in [1.82, 2.24) is 4.90 Å². The fourth-order valence-corrected chi connectivity index (χ4v) is 3.71. The molecule has 7 heteroatoms. The predicted molar refractivity (Wildman–Crippen MR) is 109 cm³/mol. The molecule has 160 valence electrons. The van der Waals surface area contributed by atoms with Crippen LogP contribution in [0.3, 0.4) is 0 Å². The smallest absolute Gasteiger partial charge is 0.410 e. The first-order valence-electron chi connectivity index (χ1n) is 9.93. The number of benzene rings is 2. The van der Waals surface area contributed by atoms with Crippen LogP contribution in [0.15, 0.2) is 48.5 Å². The lowest BCUT2D eigenvalue weighted by atomic mass is 9.92. The maximum Gasteiger partial charge on any atom is 0.410 e. The van der Waals surface area contributed by atoms with Crippen LogP contribution in [0.4, 0.5) is 9.18 Å². The van der Waals surface area contributed by atoms with Gasteiger partial charge in [0.05, 0.1) is 6.04 Å². The van der Waals surface area contributed by atoms with Gasteiger partial charge in [0, 0.05) is 6.54 Å². The van der Waals surface area contributed by atoms with Gasteiger partial charge in [-0.1, -0.05) is 30.3 Å². The van der Waals surface area contributed by atoms with E-state index in [-0.39, 0.29) is 18.0 Å². The molecule has 1 amide bonds. The molecular weight excluding hydrogens is 389 g/mol. The van der Waals surface area contributed by atoms with Gasteiger partial charge in [0.25, 0.3) is 0 Å². The van der Waals surface area contributed by atoms with Crippen LogP contribution in [-0.2, 0) is 22.4 Å². The van der Waals surface area contributed by atoms with Crippen molar-refractivity contribution in [2.75, 3.05) is 13.2 Å². The van der Waals surface area contributed by atoms with Gasteiger partial charge < -0.3 is 19.5 Å². The Balaban J connectivity index is 1.64. The van der Waals surface area contributed by atoms with E-state index in [9.17, 15) is 14.0 Å². The van der Waals surface area contributed by atoms with Crippen LogP contribution in [0.5, 0.6) is 5.75 Å². The Labute approximate surface area is 175 Å². The maximum absolute atomic E-state index is 14.2. The Morgan fingerprint density at radius 1 is 1.23 bits per heavy atom. The fraction of sp³-hybridized carbons (Fsp3) is 0.391. The number of hydrogen-bond donors (Lipinski definition) is 1. The average molecular weight is 415 g/mol. The second kappa shape index (κ2) is 9.15. The molecule has 3 rings (SSSR count). The molecule has 1 heterocycles. The second-order valence-electron chi connectivity index (χ2n) is 7.91. The first-order valence-corrected chi connectivity index (χ1v) is 9.93. The number of carbonyl (C=O) groups is 2. The molecule has 6 nitrogen and oxygen atoms in total. The monoisotopic (exact) mass is 415 g/mol. The number of carboxylic acid groups (broad SMARTS) is 1. The summed E-state index contributed by atoms with van der Waals surface area (Å²) >= 11 is 0. The van der Waals surface area contributed by atoms with Crippen LogP contribution in [0.1, 0.15) is 31.4 Å². The molecule has 0 saturated carbocycles. The normalized spacial score (nSPS) is 17.6. The molecule has 1 atom stereocenters. The lowest BCUT2D eigenvalue weighted by Gasteiger charge is -2.29. The third-order valence-electron chi connectivity index (χ3n) is 5.26. The molecule has 2 aromatic rings. The zero-order valence-electron chi connectivity index (χ0n) is 17.1. The molecule has 1 N–H and O–H groups in total. The minimum absolute atomic E-state index is 0.123. The zero-order valence-corrected chi connectivity index (χ0v) is 17.1. The summed E-state index contributed by atoms with van der Waals surface area (Å²) in [4.78, 5) is 24.8. The Morgan fingerprint density at radius 2 is 1.97 bits per heavy atom. The van der Waals surface area contributed by atoms with Gasteiger partial charge in [-0.2, -0.15) is 0 Å². The standard InChI is InChI=1S/C23H26FNO5/c1-23(2)20(13-16-7-4-3-5-8-16)25(22(28)30-23)12-6-9-17-14-18(10-11-19(17)24)29-15-21(26)27/h3-5,7-8,10-11,14,20H,6,9,12-13,15H2,1-2H3,(H,26,27). The Kier molecular flexibility index (Phi) is 6.59. The summed E-state index contributed by atoms with van der Waals surface area (Å²) in [6.45, 7) is 3.75. The van der Waals surface area contributed by atoms with Gasteiger partial charge in [0.2, 0.25) is 0 Å². The maximum atomic E-state index is 14.2. The highest BCUT2D eigenvalue weighted by atomic mass is 19.1. The molecule has 1 fully saturated rings. The van der Waals surface area contributed by atoms with Crippen LogP contribution in [0.25, 0.3) is 0 Å². The van der Waals surface area contributed by atoms with E-state index in [1.165, 1.54) is 18.2 Å². The summed E-state index contributed by atoms with van der Waals surface area (Å²) in [6, 6.07) is 14.0. The van der Waals surface area contributed by atoms with Crippen molar-refractivity contribution in [3.8, 4) is 5.75 Å². The van der Waals surface area contributed by atoms with E-state index in [0.29, 0.717) is 37.1 Å². The van der Waals surface area contributed by atoms with Crippen LogP contribution < -0.4 is 4.74 Å². The van der Waals surface area contributed by atoms with Crippen molar-refractivity contribution in [2.24, 2.45) is 0 Å². The van der Waals surface area contributed by atoms with Gasteiger partial charge in [-0.25, -0.2) is 14.0 Å². The number of carboxylic acids is 1. The average Bonchev–Trinajstić information content (AvgIpc) is 2.91. The quantitative estimate of drug-likeness (QED) is 0.668. The molecule has 0 radical (unpaired) electrons. The largest absolute Gasteiger partial charge is 0.482 e. The number of nitrogens with zero attached hydrogens (tertiary/aromatic N) is 1. The molecule has 1 aliphatic rings. The van der Waals surface area contributed by atoms with Crippen LogP contribution >= 0.6 is 0 Å². The van der Waals surface area contributed by atoms with E-state index >= 15 is 0 Å². The predicted octanol–water partition coefficient (Wildman–Crippen LogP) is 4.06. The van der Waals surface area contributed by atoms with Crippen molar-refractivity contribution >= 4 is 12.1 Å². The van der Waals surface area contributed by atoms with Gasteiger partial charge in [0.15, 0.2) is 6.61 Å². The Hall–Kier alpha value is -3.09. The SMILES string of the molecule is CC1(C)OC(=O)N(CCCc2cc(OCC(=O)O)ccc2F)C1Cc1ccccc1. The van der Waals surface area contributed by atoms with Gasteiger partial charge in [-0.05, 0) is 62.4 Å². The van der Waals surface area contributed by atoms with E-state index in [1.54, 1.807) is 4.90 Å². The first-order chi connectivity index (χ1) is 14.3. The molecular formula is C23H26FNO5. The minimum Gasteiger partial charge on any atom is -0.482 e. The highest BCUT2D eigenvalue weighted by Gasteiger charge is 2.47. The van der Waals surface area contributed by atoms with E-state index < -0.39 is 18.2 Å². The number of halogens is 1. The summed E-state index contributed by atoms with van der Waals surface area (Å²) in [5, 5.41) is 8.71. The van der Waals surface area contributed by atoms with Crippen molar-refractivity contribution in [3.63, 3.8) is 0 Å². The van der Waals surface area contributed by atoms with E-state index in [1.807, 2.05) is 44.2 Å². The first kappa shape index (κ1) is 21.6. The number of amides is 1. The number of aryl methyl sites for hydroxylation is 1. The van der Waals surface area contributed by atoms with Gasteiger partial charge >= 0.3 is 12.1 Å². The molecule has 0 aliphatic carbocycles. The van der Waals surface area contributed by atoms with Crippen molar-refractivity contribution in [3.05, 3.63) is 65.5 Å². The van der Waals surface area contributed by atoms with Crippen LogP contribution in [0, 0.1) is 5.82 Å². The molecule has 30 heavy (non-hydrogen) atoms. The highest BCUT2D eigenvalue weighted by Crippen LogP contribution is 2.32. The number of rotatable bonds is 9. The Morgan fingerprint density at radius 3 is 2.67 bits per heavy atom. The van der Waals surface area contributed by atoms with Gasteiger partial charge in [0.1, 0.15) is 17.2 Å². The Bertz CT molecular complexity index is 900.